The molecule has 2 aromatic heterocycles. The first kappa shape index (κ1) is 17.4. The van der Waals surface area contributed by atoms with E-state index >= 15 is 0 Å². The standard InChI is InChI=1S/C21H18N4O4/c26-20-17-10-15(13-25(17)21(27)19-7-9-23-29-19)28-18-6-2-1-5-16(18)24(20)12-14-4-3-8-22-11-14/h1-9,11,15,17H,10,12-13H2/t15-,17-/m0/s1. The van der Waals surface area contributed by atoms with Crippen LogP contribution in [-0.4, -0.2) is 45.5 Å². The van der Waals surface area contributed by atoms with Crippen molar-refractivity contribution < 1.29 is 18.8 Å². The molecule has 8 heteroatoms. The average Bonchev–Trinajstić information content (AvgIpc) is 3.42. The van der Waals surface area contributed by atoms with Crippen molar-refractivity contribution in [3.8, 4) is 5.75 Å². The molecule has 1 saturated heterocycles. The fraction of sp³-hybridized carbons (Fsp3) is 0.238. The van der Waals surface area contributed by atoms with Gasteiger partial charge in [0.25, 0.3) is 5.91 Å². The number of ether oxygens (including phenoxy) is 1. The largest absolute Gasteiger partial charge is 0.486 e. The highest BCUT2D eigenvalue weighted by atomic mass is 16.5. The maximum absolute atomic E-state index is 13.6. The van der Waals surface area contributed by atoms with Crippen LogP contribution in [0.2, 0.25) is 0 Å². The second-order valence-electron chi connectivity index (χ2n) is 7.08. The monoisotopic (exact) mass is 390 g/mol. The first-order valence-corrected chi connectivity index (χ1v) is 9.38. The Balaban J connectivity index is 1.54. The maximum atomic E-state index is 13.6. The number of fused-ring (bicyclic) bond motifs is 3. The van der Waals surface area contributed by atoms with Gasteiger partial charge in [-0.25, -0.2) is 0 Å². The number of carbonyl (C=O) groups excluding carboxylic acids is 2. The van der Waals surface area contributed by atoms with Crippen LogP contribution in [0.4, 0.5) is 5.69 Å². The van der Waals surface area contributed by atoms with Gasteiger partial charge >= 0.3 is 0 Å². The minimum atomic E-state index is -0.636. The number of hydrogen-bond donors (Lipinski definition) is 0. The van der Waals surface area contributed by atoms with E-state index in [4.69, 9.17) is 9.26 Å². The normalized spacial score (nSPS) is 20.6. The molecule has 146 valence electrons. The zero-order valence-corrected chi connectivity index (χ0v) is 15.5. The molecule has 0 N–H and O–H groups in total. The summed E-state index contributed by atoms with van der Waals surface area (Å²) in [6.45, 7) is 0.642. The van der Waals surface area contributed by atoms with E-state index in [1.165, 1.54) is 17.2 Å². The van der Waals surface area contributed by atoms with Gasteiger partial charge in [-0.1, -0.05) is 23.4 Å². The maximum Gasteiger partial charge on any atom is 0.293 e. The van der Waals surface area contributed by atoms with Crippen molar-refractivity contribution in [2.75, 3.05) is 11.4 Å². The Morgan fingerprint density at radius 3 is 2.83 bits per heavy atom. The molecular formula is C21H18N4O4. The van der Waals surface area contributed by atoms with Crippen molar-refractivity contribution >= 4 is 17.5 Å². The van der Waals surface area contributed by atoms with Gasteiger partial charge in [-0.2, -0.15) is 0 Å². The first-order valence-electron chi connectivity index (χ1n) is 9.38. The van der Waals surface area contributed by atoms with Gasteiger partial charge in [0, 0.05) is 24.9 Å². The number of amides is 2. The van der Waals surface area contributed by atoms with E-state index in [-0.39, 0.29) is 23.7 Å². The molecule has 2 atom stereocenters. The molecule has 2 aliphatic heterocycles. The van der Waals surface area contributed by atoms with E-state index in [1.54, 1.807) is 17.3 Å². The SMILES string of the molecule is O=C1[C@@H]2C[C@@H](CN2C(=O)c2ccno2)Oc2ccccc2N1Cc1cccnc1. The molecule has 2 bridgehead atoms. The average molecular weight is 390 g/mol. The molecule has 3 aromatic rings. The van der Waals surface area contributed by atoms with Crippen LogP contribution in [-0.2, 0) is 11.3 Å². The Morgan fingerprint density at radius 1 is 1.14 bits per heavy atom. The molecule has 2 amide bonds. The smallest absolute Gasteiger partial charge is 0.293 e. The van der Waals surface area contributed by atoms with Crippen molar-refractivity contribution in [2.24, 2.45) is 0 Å². The van der Waals surface area contributed by atoms with Gasteiger partial charge in [0.2, 0.25) is 11.7 Å². The lowest BCUT2D eigenvalue weighted by molar-refractivity contribution is -0.122. The summed E-state index contributed by atoms with van der Waals surface area (Å²) in [5, 5.41) is 3.60. The van der Waals surface area contributed by atoms with E-state index in [1.807, 2.05) is 36.4 Å². The molecule has 8 nitrogen and oxygen atoms in total. The summed E-state index contributed by atoms with van der Waals surface area (Å²) >= 11 is 0. The van der Waals surface area contributed by atoms with Crippen molar-refractivity contribution in [3.05, 3.63) is 72.4 Å². The molecule has 0 radical (unpaired) electrons. The minimum absolute atomic E-state index is 0.110. The fourth-order valence-corrected chi connectivity index (χ4v) is 3.90. The number of nitrogens with zero attached hydrogens (tertiary/aromatic N) is 4. The van der Waals surface area contributed by atoms with Gasteiger partial charge in [0.15, 0.2) is 0 Å². The van der Waals surface area contributed by atoms with E-state index in [0.29, 0.717) is 30.9 Å². The molecule has 4 heterocycles. The summed E-state index contributed by atoms with van der Waals surface area (Å²) in [4.78, 5) is 33.9. The Kier molecular flexibility index (Phi) is 4.23. The van der Waals surface area contributed by atoms with Crippen LogP contribution in [0.1, 0.15) is 22.5 Å². The molecule has 2 aliphatic rings. The van der Waals surface area contributed by atoms with Gasteiger partial charge in [0.1, 0.15) is 17.9 Å². The van der Waals surface area contributed by atoms with Crippen LogP contribution in [0.5, 0.6) is 5.75 Å². The number of carbonyl (C=O) groups is 2. The van der Waals surface area contributed by atoms with Gasteiger partial charge in [-0.3, -0.25) is 14.6 Å². The molecule has 5 rings (SSSR count). The minimum Gasteiger partial charge on any atom is -0.486 e. The summed E-state index contributed by atoms with van der Waals surface area (Å²) < 4.78 is 11.2. The van der Waals surface area contributed by atoms with Crippen LogP contribution >= 0.6 is 0 Å². The third-order valence-electron chi connectivity index (χ3n) is 5.24. The Hall–Kier alpha value is -3.68. The zero-order chi connectivity index (χ0) is 19.8. The summed E-state index contributed by atoms with van der Waals surface area (Å²) in [5.41, 5.74) is 1.57. The predicted octanol–water partition coefficient (Wildman–Crippen LogP) is 2.28. The van der Waals surface area contributed by atoms with Crippen LogP contribution in [0.15, 0.2) is 65.6 Å². The van der Waals surface area contributed by atoms with E-state index in [0.717, 1.165) is 5.56 Å². The third kappa shape index (κ3) is 3.12. The molecule has 29 heavy (non-hydrogen) atoms. The second kappa shape index (κ2) is 7.05. The quantitative estimate of drug-likeness (QED) is 0.682. The number of anilines is 1. The van der Waals surface area contributed by atoms with E-state index in [2.05, 4.69) is 10.1 Å². The molecule has 0 spiro atoms. The fourth-order valence-electron chi connectivity index (χ4n) is 3.90. The van der Waals surface area contributed by atoms with Crippen molar-refractivity contribution in [2.45, 2.75) is 25.1 Å². The molecule has 1 fully saturated rings. The van der Waals surface area contributed by atoms with Crippen molar-refractivity contribution in [3.63, 3.8) is 0 Å². The lowest BCUT2D eigenvalue weighted by Gasteiger charge is -2.31. The van der Waals surface area contributed by atoms with Crippen LogP contribution < -0.4 is 9.64 Å². The summed E-state index contributed by atoms with van der Waals surface area (Å²) in [6.07, 6.45) is 4.99. The summed E-state index contributed by atoms with van der Waals surface area (Å²) in [6, 6.07) is 12.1. The highest BCUT2D eigenvalue weighted by Crippen LogP contribution is 2.37. The number of hydrogen-bond acceptors (Lipinski definition) is 6. The van der Waals surface area contributed by atoms with E-state index < -0.39 is 6.04 Å². The number of aromatic nitrogens is 2. The first-order chi connectivity index (χ1) is 14.2. The van der Waals surface area contributed by atoms with Crippen LogP contribution in [0.25, 0.3) is 0 Å². The third-order valence-corrected chi connectivity index (χ3v) is 5.24. The number of para-hydroxylation sites is 2. The Morgan fingerprint density at radius 2 is 2.03 bits per heavy atom. The summed E-state index contributed by atoms with van der Waals surface area (Å²) in [5.74, 6) is 0.223. The second-order valence-corrected chi connectivity index (χ2v) is 7.08. The highest BCUT2D eigenvalue weighted by Gasteiger charge is 2.45. The van der Waals surface area contributed by atoms with Crippen molar-refractivity contribution in [1.82, 2.24) is 15.0 Å². The van der Waals surface area contributed by atoms with Gasteiger partial charge in [-0.05, 0) is 23.8 Å². The van der Waals surface area contributed by atoms with Gasteiger partial charge < -0.3 is 19.1 Å². The lowest BCUT2D eigenvalue weighted by atomic mass is 10.1. The topological polar surface area (TPSA) is 88.8 Å². The predicted molar refractivity (Wildman–Crippen MR) is 102 cm³/mol. The Bertz CT molecular complexity index is 1040. The number of pyridine rings is 1. The van der Waals surface area contributed by atoms with Crippen LogP contribution in [0.3, 0.4) is 0 Å². The molecule has 0 aliphatic carbocycles. The summed E-state index contributed by atoms with van der Waals surface area (Å²) in [7, 11) is 0. The molecule has 0 unspecified atom stereocenters. The number of benzene rings is 1. The van der Waals surface area contributed by atoms with Crippen LogP contribution in [0, 0.1) is 0 Å². The molecule has 1 aromatic carbocycles. The number of rotatable bonds is 3. The Labute approximate surface area is 166 Å². The highest BCUT2D eigenvalue weighted by molar-refractivity contribution is 6.03. The van der Waals surface area contributed by atoms with E-state index in [9.17, 15) is 9.59 Å². The van der Waals surface area contributed by atoms with Gasteiger partial charge in [-0.15, -0.1) is 0 Å². The zero-order valence-electron chi connectivity index (χ0n) is 15.5. The molecule has 0 saturated carbocycles. The molecular weight excluding hydrogens is 372 g/mol. The van der Waals surface area contributed by atoms with Crippen molar-refractivity contribution in [1.29, 1.82) is 0 Å². The number of likely N-dealkylation sites (tertiary alicyclic amines) is 1. The van der Waals surface area contributed by atoms with Gasteiger partial charge in [0.05, 0.1) is 25.0 Å². The lowest BCUT2D eigenvalue weighted by Crippen LogP contribution is -2.47.